The molecule has 162 valence electrons. The highest BCUT2D eigenvalue weighted by atomic mass is 19.4. The molecule has 1 saturated heterocycles. The number of nitrogens with zero attached hydrogens (tertiary/aromatic N) is 2. The molecule has 0 saturated carbocycles. The van der Waals surface area contributed by atoms with Crippen LogP contribution in [-0.4, -0.2) is 30.0 Å². The van der Waals surface area contributed by atoms with E-state index in [1.807, 2.05) is 0 Å². The van der Waals surface area contributed by atoms with E-state index >= 15 is 0 Å². The highest BCUT2D eigenvalue weighted by Gasteiger charge is 2.32. The molecule has 0 radical (unpaired) electrons. The standard InChI is InChI=1S/C20H19F6N3O/c21-19(22,23)14-4-1-3-13(9-14)10-18(30)28-16-5-2-8-29(12-16)17-7-6-15(11-27-17)20(24,25)26/h1,3-4,6-7,9,11,16H,2,5,8,10,12H2,(H,28,30)/t16-/m0/s1. The van der Waals surface area contributed by atoms with Crippen molar-refractivity contribution in [3.8, 4) is 0 Å². The molecule has 1 atom stereocenters. The topological polar surface area (TPSA) is 45.2 Å². The lowest BCUT2D eigenvalue weighted by Gasteiger charge is -2.34. The van der Waals surface area contributed by atoms with E-state index in [1.165, 1.54) is 18.2 Å². The van der Waals surface area contributed by atoms with Gasteiger partial charge in [-0.1, -0.05) is 18.2 Å². The molecule has 3 rings (SSSR count). The Balaban J connectivity index is 1.59. The number of carbonyl (C=O) groups is 1. The summed E-state index contributed by atoms with van der Waals surface area (Å²) in [6.07, 6.45) is -7.02. The van der Waals surface area contributed by atoms with E-state index in [2.05, 4.69) is 10.3 Å². The molecule has 30 heavy (non-hydrogen) atoms. The third kappa shape index (κ3) is 5.64. The number of aromatic nitrogens is 1. The number of hydrogen-bond acceptors (Lipinski definition) is 3. The normalized spacial score (nSPS) is 17.7. The second-order valence-corrected chi connectivity index (χ2v) is 7.13. The van der Waals surface area contributed by atoms with E-state index in [1.54, 1.807) is 4.90 Å². The lowest BCUT2D eigenvalue weighted by Crippen LogP contribution is -2.48. The summed E-state index contributed by atoms with van der Waals surface area (Å²) >= 11 is 0. The summed E-state index contributed by atoms with van der Waals surface area (Å²) < 4.78 is 76.4. The van der Waals surface area contributed by atoms with Gasteiger partial charge in [0.05, 0.1) is 17.5 Å². The maximum Gasteiger partial charge on any atom is 0.417 e. The van der Waals surface area contributed by atoms with Gasteiger partial charge in [-0.05, 0) is 36.6 Å². The maximum absolute atomic E-state index is 12.8. The Hall–Kier alpha value is -2.78. The monoisotopic (exact) mass is 431 g/mol. The van der Waals surface area contributed by atoms with Crippen LogP contribution in [0.25, 0.3) is 0 Å². The molecule has 0 bridgehead atoms. The predicted octanol–water partition coefficient (Wildman–Crippen LogP) is 4.45. The van der Waals surface area contributed by atoms with E-state index in [9.17, 15) is 31.1 Å². The molecule has 1 N–H and O–H groups in total. The minimum absolute atomic E-state index is 0.195. The number of hydrogen-bond donors (Lipinski definition) is 1. The third-order valence-corrected chi connectivity index (χ3v) is 4.80. The zero-order chi connectivity index (χ0) is 21.9. The van der Waals surface area contributed by atoms with Gasteiger partial charge in [0, 0.05) is 25.3 Å². The van der Waals surface area contributed by atoms with Gasteiger partial charge in [0.15, 0.2) is 0 Å². The largest absolute Gasteiger partial charge is 0.417 e. The van der Waals surface area contributed by atoms with Crippen LogP contribution in [0.5, 0.6) is 0 Å². The maximum atomic E-state index is 12.8. The lowest BCUT2D eigenvalue weighted by atomic mass is 10.0. The van der Waals surface area contributed by atoms with Crippen LogP contribution in [-0.2, 0) is 23.6 Å². The summed E-state index contributed by atoms with van der Waals surface area (Å²) in [5.74, 6) is -0.0404. The zero-order valence-electron chi connectivity index (χ0n) is 15.7. The Kier molecular flexibility index (Phi) is 6.23. The second kappa shape index (κ2) is 8.53. The first-order valence-electron chi connectivity index (χ1n) is 9.26. The van der Waals surface area contributed by atoms with Crippen LogP contribution in [0.4, 0.5) is 32.2 Å². The Bertz CT molecular complexity index is 879. The molecule has 1 amide bonds. The van der Waals surface area contributed by atoms with E-state index < -0.39 is 29.4 Å². The van der Waals surface area contributed by atoms with Gasteiger partial charge < -0.3 is 10.2 Å². The van der Waals surface area contributed by atoms with Gasteiger partial charge in [0.2, 0.25) is 5.91 Å². The van der Waals surface area contributed by atoms with Crippen molar-refractivity contribution in [1.29, 1.82) is 0 Å². The fourth-order valence-corrected chi connectivity index (χ4v) is 3.37. The van der Waals surface area contributed by atoms with E-state index in [0.29, 0.717) is 31.7 Å². The van der Waals surface area contributed by atoms with E-state index in [4.69, 9.17) is 0 Å². The Morgan fingerprint density at radius 1 is 1.07 bits per heavy atom. The number of benzene rings is 1. The molecule has 1 aromatic heterocycles. The van der Waals surface area contributed by atoms with E-state index in [0.717, 1.165) is 24.4 Å². The summed E-state index contributed by atoms with van der Waals surface area (Å²) in [5.41, 5.74) is -1.40. The number of anilines is 1. The van der Waals surface area contributed by atoms with Crippen LogP contribution >= 0.6 is 0 Å². The van der Waals surface area contributed by atoms with Crippen molar-refractivity contribution in [3.05, 3.63) is 59.3 Å². The third-order valence-electron chi connectivity index (χ3n) is 4.80. The Morgan fingerprint density at radius 3 is 2.43 bits per heavy atom. The average Bonchev–Trinajstić information content (AvgIpc) is 2.67. The first-order chi connectivity index (χ1) is 14.0. The summed E-state index contributed by atoms with van der Waals surface area (Å²) in [6.45, 7) is 0.936. The summed E-state index contributed by atoms with van der Waals surface area (Å²) in [6, 6.07) is 6.56. The number of nitrogens with one attached hydrogen (secondary N) is 1. The number of rotatable bonds is 4. The Morgan fingerprint density at radius 2 is 1.80 bits per heavy atom. The number of carbonyl (C=O) groups excluding carboxylic acids is 1. The number of amides is 1. The molecule has 2 heterocycles. The second-order valence-electron chi connectivity index (χ2n) is 7.13. The number of piperidine rings is 1. The first-order valence-corrected chi connectivity index (χ1v) is 9.26. The van der Waals surface area contributed by atoms with Gasteiger partial charge in [-0.25, -0.2) is 4.98 Å². The molecular formula is C20H19F6N3O. The molecule has 0 spiro atoms. The van der Waals surface area contributed by atoms with Gasteiger partial charge in [-0.3, -0.25) is 4.79 Å². The molecule has 1 aromatic carbocycles. The fraction of sp³-hybridized carbons (Fsp3) is 0.400. The van der Waals surface area contributed by atoms with Crippen molar-refractivity contribution >= 4 is 11.7 Å². The molecule has 0 unspecified atom stereocenters. The first kappa shape index (κ1) is 21.9. The fourth-order valence-electron chi connectivity index (χ4n) is 3.37. The lowest BCUT2D eigenvalue weighted by molar-refractivity contribution is -0.138. The summed E-state index contributed by atoms with van der Waals surface area (Å²) in [5, 5.41) is 2.79. The summed E-state index contributed by atoms with van der Waals surface area (Å²) in [4.78, 5) is 17.9. The van der Waals surface area contributed by atoms with Crippen LogP contribution in [0.3, 0.4) is 0 Å². The zero-order valence-corrected chi connectivity index (χ0v) is 15.7. The minimum atomic E-state index is -4.48. The van der Waals surface area contributed by atoms with Gasteiger partial charge in [-0.15, -0.1) is 0 Å². The molecule has 1 aliphatic heterocycles. The highest BCUT2D eigenvalue weighted by Crippen LogP contribution is 2.30. The van der Waals surface area contributed by atoms with Crippen LogP contribution < -0.4 is 10.2 Å². The van der Waals surface area contributed by atoms with Gasteiger partial charge in [-0.2, -0.15) is 26.3 Å². The molecule has 10 heteroatoms. The van der Waals surface area contributed by atoms with E-state index in [-0.39, 0.29) is 18.0 Å². The van der Waals surface area contributed by atoms with Gasteiger partial charge in [0.1, 0.15) is 5.82 Å². The minimum Gasteiger partial charge on any atom is -0.355 e. The molecular weight excluding hydrogens is 412 g/mol. The molecule has 0 aliphatic carbocycles. The van der Waals surface area contributed by atoms with Crippen molar-refractivity contribution in [3.63, 3.8) is 0 Å². The SMILES string of the molecule is O=C(Cc1cccc(C(F)(F)F)c1)N[C@H]1CCCN(c2ccc(C(F)(F)F)cn2)C1. The van der Waals surface area contributed by atoms with Crippen LogP contribution in [0.2, 0.25) is 0 Å². The van der Waals surface area contributed by atoms with Crippen LogP contribution in [0, 0.1) is 0 Å². The van der Waals surface area contributed by atoms with Gasteiger partial charge >= 0.3 is 12.4 Å². The Labute approximate surface area is 168 Å². The number of alkyl halides is 6. The quantitative estimate of drug-likeness (QED) is 0.728. The molecule has 2 aromatic rings. The highest BCUT2D eigenvalue weighted by molar-refractivity contribution is 5.79. The van der Waals surface area contributed by atoms with Crippen LogP contribution in [0.15, 0.2) is 42.6 Å². The van der Waals surface area contributed by atoms with Crippen molar-refractivity contribution < 1.29 is 31.1 Å². The smallest absolute Gasteiger partial charge is 0.355 e. The van der Waals surface area contributed by atoms with Crippen molar-refractivity contribution in [1.82, 2.24) is 10.3 Å². The number of pyridine rings is 1. The van der Waals surface area contributed by atoms with Gasteiger partial charge in [0.25, 0.3) is 0 Å². The summed E-state index contributed by atoms with van der Waals surface area (Å²) in [7, 11) is 0. The molecule has 4 nitrogen and oxygen atoms in total. The average molecular weight is 431 g/mol. The molecule has 1 fully saturated rings. The predicted molar refractivity (Wildman–Crippen MR) is 97.8 cm³/mol. The van der Waals surface area contributed by atoms with Crippen LogP contribution in [0.1, 0.15) is 29.5 Å². The van der Waals surface area contributed by atoms with Crippen molar-refractivity contribution in [2.75, 3.05) is 18.0 Å². The van der Waals surface area contributed by atoms with Crippen molar-refractivity contribution in [2.45, 2.75) is 37.7 Å². The molecule has 1 aliphatic rings. The van der Waals surface area contributed by atoms with Crippen molar-refractivity contribution in [2.24, 2.45) is 0 Å². The number of halogens is 6.